The van der Waals surface area contributed by atoms with Crippen LogP contribution in [0.2, 0.25) is 0 Å². The van der Waals surface area contributed by atoms with Crippen LogP contribution in [0.15, 0.2) is 146 Å². The third-order valence-corrected chi connectivity index (χ3v) is 6.60. The molecule has 0 fully saturated rings. The third-order valence-electron chi connectivity index (χ3n) is 6.60. The zero-order chi connectivity index (χ0) is 31.8. The van der Waals surface area contributed by atoms with Crippen LogP contribution in [0.4, 0.5) is 0 Å². The fourth-order valence-electron chi connectivity index (χ4n) is 4.26. The van der Waals surface area contributed by atoms with Crippen LogP contribution in [0.5, 0.6) is 23.0 Å². The van der Waals surface area contributed by atoms with Gasteiger partial charge in [0.25, 0.3) is 0 Å². The smallest absolute Gasteiger partial charge is 0.338 e. The number of para-hydroxylation sites is 2. The number of esters is 2. The van der Waals surface area contributed by atoms with Crippen molar-refractivity contribution in [1.82, 2.24) is 0 Å². The van der Waals surface area contributed by atoms with Crippen LogP contribution in [0.25, 0.3) is 0 Å². The molecule has 0 aliphatic carbocycles. The number of hydrogen-bond acceptors (Lipinski definition) is 8. The molecule has 234 valence electrons. The van der Waals surface area contributed by atoms with E-state index in [1.165, 1.54) is 0 Å². The van der Waals surface area contributed by atoms with Gasteiger partial charge in [0.15, 0.2) is 12.2 Å². The Morgan fingerprint density at radius 1 is 0.391 bits per heavy atom. The van der Waals surface area contributed by atoms with E-state index < -0.39 is 24.1 Å². The quantitative estimate of drug-likeness (QED) is 0.109. The predicted octanol–water partition coefficient (Wildman–Crippen LogP) is 7.05. The molecule has 0 amide bonds. The Bertz CT molecular complexity index is 1510. The van der Waals surface area contributed by atoms with E-state index in [-0.39, 0.29) is 26.4 Å². The van der Waals surface area contributed by atoms with Crippen molar-refractivity contribution in [3.8, 4) is 23.0 Å². The Labute approximate surface area is 268 Å². The summed E-state index contributed by atoms with van der Waals surface area (Å²) in [6.07, 6.45) is -1.40. The summed E-state index contributed by atoms with van der Waals surface area (Å²) >= 11 is 0. The molecule has 2 unspecified atom stereocenters. The van der Waals surface area contributed by atoms with E-state index in [1.54, 1.807) is 72.8 Å². The molecule has 0 aromatic heterocycles. The summed E-state index contributed by atoms with van der Waals surface area (Å²) in [5.41, 5.74) is 0.864. The van der Waals surface area contributed by atoms with E-state index in [2.05, 4.69) is 0 Å². The van der Waals surface area contributed by atoms with Crippen molar-refractivity contribution >= 4 is 11.9 Å². The zero-order valence-corrected chi connectivity index (χ0v) is 25.1. The number of ether oxygens (including phenoxy) is 6. The van der Waals surface area contributed by atoms with Crippen molar-refractivity contribution in [1.29, 1.82) is 0 Å². The lowest BCUT2D eigenvalue weighted by atomic mass is 10.2. The second-order valence-electron chi connectivity index (χ2n) is 10.1. The van der Waals surface area contributed by atoms with Crippen LogP contribution < -0.4 is 18.9 Å². The molecule has 5 rings (SSSR count). The van der Waals surface area contributed by atoms with Crippen molar-refractivity contribution in [3.63, 3.8) is 0 Å². The van der Waals surface area contributed by atoms with Gasteiger partial charge in [0, 0.05) is 6.07 Å². The SMILES string of the molecule is O=C(OC(COc1ccccc1)COc1cccc(OCC(COc2ccccc2)OC(=O)c2ccccc2)c1)c1ccccc1. The average molecular weight is 619 g/mol. The zero-order valence-electron chi connectivity index (χ0n) is 25.1. The summed E-state index contributed by atoms with van der Waals surface area (Å²) in [5.74, 6) is 1.34. The molecule has 0 N–H and O–H groups in total. The highest BCUT2D eigenvalue weighted by atomic mass is 16.6. The molecule has 0 radical (unpaired) electrons. The predicted molar refractivity (Wildman–Crippen MR) is 173 cm³/mol. The van der Waals surface area contributed by atoms with Gasteiger partial charge in [-0.2, -0.15) is 0 Å². The van der Waals surface area contributed by atoms with Crippen LogP contribution in [0.3, 0.4) is 0 Å². The molecule has 8 nitrogen and oxygen atoms in total. The average Bonchev–Trinajstić information content (AvgIpc) is 3.12. The Morgan fingerprint density at radius 3 is 1.07 bits per heavy atom. The fourth-order valence-corrected chi connectivity index (χ4v) is 4.26. The van der Waals surface area contributed by atoms with Gasteiger partial charge in [0.1, 0.15) is 49.4 Å². The largest absolute Gasteiger partial charge is 0.490 e. The lowest BCUT2D eigenvalue weighted by molar-refractivity contribution is 0.00209. The van der Waals surface area contributed by atoms with Crippen LogP contribution in [0.1, 0.15) is 20.7 Å². The first-order valence-corrected chi connectivity index (χ1v) is 14.9. The van der Waals surface area contributed by atoms with Crippen molar-refractivity contribution in [2.45, 2.75) is 12.2 Å². The molecular formula is C38H34O8. The normalized spacial score (nSPS) is 11.8. The monoisotopic (exact) mass is 618 g/mol. The molecule has 0 heterocycles. The van der Waals surface area contributed by atoms with Gasteiger partial charge in [-0.05, 0) is 60.7 Å². The summed E-state index contributed by atoms with van der Waals surface area (Å²) in [5, 5.41) is 0. The fraction of sp³-hybridized carbons (Fsp3) is 0.158. The molecule has 0 spiro atoms. The highest BCUT2D eigenvalue weighted by molar-refractivity contribution is 5.89. The van der Waals surface area contributed by atoms with Crippen LogP contribution >= 0.6 is 0 Å². The van der Waals surface area contributed by atoms with Gasteiger partial charge in [-0.1, -0.05) is 78.9 Å². The number of benzene rings is 5. The molecule has 5 aromatic carbocycles. The van der Waals surface area contributed by atoms with Crippen molar-refractivity contribution in [3.05, 3.63) is 157 Å². The third kappa shape index (κ3) is 10.2. The molecule has 5 aromatic rings. The summed E-state index contributed by atoms with van der Waals surface area (Å²) in [6.45, 7) is 0.261. The first kappa shape index (κ1) is 31.7. The Hall–Kier alpha value is -5.76. The van der Waals surface area contributed by atoms with Crippen LogP contribution in [0, 0.1) is 0 Å². The van der Waals surface area contributed by atoms with Gasteiger partial charge in [-0.25, -0.2) is 9.59 Å². The lowest BCUT2D eigenvalue weighted by Gasteiger charge is -2.20. The van der Waals surface area contributed by atoms with Crippen LogP contribution in [-0.2, 0) is 9.47 Å². The Morgan fingerprint density at radius 2 is 0.696 bits per heavy atom. The van der Waals surface area contributed by atoms with Crippen molar-refractivity contribution in [2.24, 2.45) is 0 Å². The molecule has 0 saturated heterocycles. The van der Waals surface area contributed by atoms with Crippen molar-refractivity contribution in [2.75, 3.05) is 26.4 Å². The highest BCUT2D eigenvalue weighted by Gasteiger charge is 2.20. The number of carbonyl (C=O) groups excluding carboxylic acids is 2. The molecule has 2 atom stereocenters. The summed E-state index contributed by atoms with van der Waals surface area (Å²) in [6, 6.07) is 43.1. The van der Waals surface area contributed by atoms with Gasteiger partial charge in [0.2, 0.25) is 0 Å². The van der Waals surface area contributed by atoms with E-state index in [4.69, 9.17) is 28.4 Å². The van der Waals surface area contributed by atoms with E-state index in [0.29, 0.717) is 34.1 Å². The Balaban J connectivity index is 1.20. The maximum absolute atomic E-state index is 12.8. The minimum absolute atomic E-state index is 0.0388. The highest BCUT2D eigenvalue weighted by Crippen LogP contribution is 2.21. The minimum Gasteiger partial charge on any atom is -0.490 e. The summed E-state index contributed by atoms with van der Waals surface area (Å²) in [7, 11) is 0. The minimum atomic E-state index is -0.700. The van der Waals surface area contributed by atoms with E-state index in [0.717, 1.165) is 0 Å². The maximum Gasteiger partial charge on any atom is 0.338 e. The van der Waals surface area contributed by atoms with Gasteiger partial charge < -0.3 is 28.4 Å². The second kappa shape index (κ2) is 16.9. The number of carbonyl (C=O) groups is 2. The van der Waals surface area contributed by atoms with Gasteiger partial charge in [-0.15, -0.1) is 0 Å². The maximum atomic E-state index is 12.8. The number of rotatable bonds is 16. The molecule has 0 bridgehead atoms. The lowest BCUT2D eigenvalue weighted by Crippen LogP contribution is -2.31. The first-order chi connectivity index (χ1) is 22.6. The number of hydrogen-bond donors (Lipinski definition) is 0. The van der Waals surface area contributed by atoms with E-state index in [9.17, 15) is 9.59 Å². The molecule has 0 saturated carbocycles. The summed E-state index contributed by atoms with van der Waals surface area (Å²) < 4.78 is 35.3. The standard InChI is InChI=1S/C38H34O8/c39-37(29-14-5-1-6-15-29)45-35(25-41-31-18-9-3-10-19-31)27-43-33-22-13-23-34(24-33)44-28-36(26-42-32-20-11-4-12-21-32)46-38(40)30-16-7-2-8-17-30/h1-24,35-36H,25-28H2. The van der Waals surface area contributed by atoms with Crippen LogP contribution in [-0.4, -0.2) is 50.6 Å². The Kier molecular flexibility index (Phi) is 11.6. The first-order valence-electron chi connectivity index (χ1n) is 14.9. The molecule has 8 heteroatoms. The molecule has 46 heavy (non-hydrogen) atoms. The molecule has 0 aliphatic heterocycles. The van der Waals surface area contributed by atoms with Gasteiger partial charge in [-0.3, -0.25) is 0 Å². The van der Waals surface area contributed by atoms with E-state index >= 15 is 0 Å². The second-order valence-corrected chi connectivity index (χ2v) is 10.1. The molecular weight excluding hydrogens is 584 g/mol. The summed E-state index contributed by atoms with van der Waals surface area (Å²) in [4.78, 5) is 25.6. The van der Waals surface area contributed by atoms with Crippen molar-refractivity contribution < 1.29 is 38.0 Å². The van der Waals surface area contributed by atoms with Gasteiger partial charge >= 0.3 is 11.9 Å². The van der Waals surface area contributed by atoms with Gasteiger partial charge in [0.05, 0.1) is 11.1 Å². The van der Waals surface area contributed by atoms with E-state index in [1.807, 2.05) is 72.8 Å². The topological polar surface area (TPSA) is 89.5 Å². The molecule has 0 aliphatic rings.